The van der Waals surface area contributed by atoms with Crippen LogP contribution in [0.1, 0.15) is 42.6 Å². The van der Waals surface area contributed by atoms with Gasteiger partial charge in [0.15, 0.2) is 0 Å². The average Bonchev–Trinajstić information content (AvgIpc) is 2.89. The van der Waals surface area contributed by atoms with Crippen LogP contribution in [0.2, 0.25) is 0 Å². The van der Waals surface area contributed by atoms with E-state index < -0.39 is 23.9 Å². The largest absolute Gasteiger partial charge is 0.384 e. The van der Waals surface area contributed by atoms with Crippen molar-refractivity contribution in [2.24, 2.45) is 5.92 Å². The Bertz CT molecular complexity index is 1250. The molecule has 1 aliphatic rings. The number of imide groups is 1. The second-order valence-electron chi connectivity index (χ2n) is 9.31. The number of aryl methyl sites for hydroxylation is 1. The van der Waals surface area contributed by atoms with Crippen LogP contribution in [0.15, 0.2) is 67.0 Å². The fourth-order valence-electron chi connectivity index (χ4n) is 4.80. The topological polar surface area (TPSA) is 122 Å². The van der Waals surface area contributed by atoms with Crippen molar-refractivity contribution in [1.82, 2.24) is 20.2 Å². The van der Waals surface area contributed by atoms with Crippen molar-refractivity contribution < 1.29 is 14.4 Å². The number of β-lactam (4-membered cyclic amide) rings is 1. The molecule has 0 unspecified atom stereocenters. The Balaban J connectivity index is 1.61. The zero-order valence-electron chi connectivity index (χ0n) is 21.3. The highest BCUT2D eigenvalue weighted by molar-refractivity contribution is 6.12. The van der Waals surface area contributed by atoms with Gasteiger partial charge in [-0.05, 0) is 55.2 Å². The highest BCUT2D eigenvalue weighted by Crippen LogP contribution is 2.33. The summed E-state index contributed by atoms with van der Waals surface area (Å²) in [6.45, 7) is 3.85. The van der Waals surface area contributed by atoms with E-state index in [2.05, 4.69) is 15.3 Å². The minimum absolute atomic E-state index is 0.272. The third kappa shape index (κ3) is 5.61. The van der Waals surface area contributed by atoms with E-state index in [0.29, 0.717) is 17.9 Å². The Morgan fingerprint density at radius 2 is 1.84 bits per heavy atom. The number of nitrogens with zero attached hydrogens (tertiary/aromatic N) is 4. The van der Waals surface area contributed by atoms with Gasteiger partial charge in [-0.1, -0.05) is 43.7 Å². The number of carbonyl (C=O) groups excluding carboxylic acids is 3. The molecule has 0 bridgehead atoms. The number of amides is 4. The van der Waals surface area contributed by atoms with Crippen LogP contribution >= 0.6 is 0 Å². The number of hydrogen-bond donors (Lipinski definition) is 2. The minimum atomic E-state index is -0.960. The highest BCUT2D eigenvalue weighted by atomic mass is 16.2. The van der Waals surface area contributed by atoms with E-state index in [-0.39, 0.29) is 18.4 Å². The summed E-state index contributed by atoms with van der Waals surface area (Å²) in [6, 6.07) is 14.8. The fourth-order valence-corrected chi connectivity index (χ4v) is 4.80. The van der Waals surface area contributed by atoms with Gasteiger partial charge >= 0.3 is 6.03 Å². The molecule has 1 aromatic carbocycles. The molecule has 3 N–H and O–H groups in total. The Hall–Kier alpha value is -4.27. The predicted octanol–water partition coefficient (Wildman–Crippen LogP) is 3.65. The van der Waals surface area contributed by atoms with Crippen LogP contribution < -0.4 is 16.0 Å². The number of likely N-dealkylation sites (N-methyl/N-ethyl adjacent to an activating group) is 1. The number of carbonyl (C=O) groups is 3. The third-order valence-electron chi connectivity index (χ3n) is 6.63. The molecule has 3 atom stereocenters. The summed E-state index contributed by atoms with van der Waals surface area (Å²) in [7, 11) is 1.63. The first-order valence-corrected chi connectivity index (χ1v) is 12.4. The van der Waals surface area contributed by atoms with Gasteiger partial charge in [0.25, 0.3) is 5.91 Å². The van der Waals surface area contributed by atoms with Gasteiger partial charge in [0.2, 0.25) is 5.91 Å². The lowest BCUT2D eigenvalue weighted by Crippen LogP contribution is -2.70. The van der Waals surface area contributed by atoms with E-state index in [9.17, 15) is 14.4 Å². The lowest BCUT2D eigenvalue weighted by molar-refractivity contribution is -0.156. The van der Waals surface area contributed by atoms with Gasteiger partial charge in [-0.25, -0.2) is 9.78 Å². The molecule has 0 aliphatic carbocycles. The second kappa shape index (κ2) is 11.2. The third-order valence-corrected chi connectivity index (χ3v) is 6.63. The predicted molar refractivity (Wildman–Crippen MR) is 141 cm³/mol. The summed E-state index contributed by atoms with van der Waals surface area (Å²) in [4.78, 5) is 51.2. The van der Waals surface area contributed by atoms with Crippen LogP contribution in [0.4, 0.5) is 16.3 Å². The van der Waals surface area contributed by atoms with E-state index >= 15 is 0 Å². The molecule has 1 fully saturated rings. The van der Waals surface area contributed by atoms with Gasteiger partial charge in [0.1, 0.15) is 11.9 Å². The number of benzene rings is 1. The first-order chi connectivity index (χ1) is 17.8. The fraction of sp³-hybridized carbons (Fsp3) is 0.321. The zero-order chi connectivity index (χ0) is 26.5. The molecule has 0 radical (unpaired) electrons. The molecular weight excluding hydrogens is 468 g/mol. The maximum atomic E-state index is 13.7. The molecule has 2 aromatic heterocycles. The van der Waals surface area contributed by atoms with E-state index in [0.717, 1.165) is 28.1 Å². The van der Waals surface area contributed by atoms with Crippen LogP contribution in [-0.4, -0.2) is 45.8 Å². The molecular formula is C28H32N6O3. The molecule has 1 aliphatic heterocycles. The number of rotatable bonds is 8. The van der Waals surface area contributed by atoms with Crippen molar-refractivity contribution in [2.45, 2.75) is 45.2 Å². The number of urea groups is 1. The van der Waals surface area contributed by atoms with E-state index in [1.54, 1.807) is 37.6 Å². The monoisotopic (exact) mass is 500 g/mol. The molecule has 4 amide bonds. The Morgan fingerprint density at radius 1 is 1.14 bits per heavy atom. The number of likely N-dealkylation sites (tertiary alicyclic amines) is 1. The normalized spacial score (nSPS) is 17.6. The van der Waals surface area contributed by atoms with Gasteiger partial charge in [-0.15, -0.1) is 0 Å². The van der Waals surface area contributed by atoms with E-state index in [1.165, 1.54) is 4.90 Å². The second-order valence-corrected chi connectivity index (χ2v) is 9.31. The van der Waals surface area contributed by atoms with Gasteiger partial charge in [-0.2, -0.15) is 0 Å². The summed E-state index contributed by atoms with van der Waals surface area (Å²) >= 11 is 0. The Labute approximate surface area is 216 Å². The lowest BCUT2D eigenvalue weighted by atomic mass is 9.81. The van der Waals surface area contributed by atoms with Crippen LogP contribution in [-0.2, 0) is 16.0 Å². The summed E-state index contributed by atoms with van der Waals surface area (Å²) in [5.74, 6) is -1.10. The first kappa shape index (κ1) is 25.8. The van der Waals surface area contributed by atoms with Gasteiger partial charge in [-0.3, -0.25) is 19.5 Å². The number of nitrogen functional groups attached to an aromatic ring is 1. The van der Waals surface area contributed by atoms with Crippen LogP contribution in [0.5, 0.6) is 0 Å². The van der Waals surface area contributed by atoms with Gasteiger partial charge in [0.05, 0.1) is 12.0 Å². The molecule has 37 heavy (non-hydrogen) atoms. The van der Waals surface area contributed by atoms with Crippen molar-refractivity contribution >= 4 is 29.4 Å². The average molecular weight is 501 g/mol. The number of nitrogens with one attached hydrogen (secondary N) is 1. The van der Waals surface area contributed by atoms with E-state index in [4.69, 9.17) is 5.73 Å². The van der Waals surface area contributed by atoms with Crippen LogP contribution in [0.25, 0.3) is 0 Å². The minimum Gasteiger partial charge on any atom is -0.384 e. The van der Waals surface area contributed by atoms with Crippen LogP contribution in [0, 0.1) is 12.8 Å². The van der Waals surface area contributed by atoms with E-state index in [1.807, 2.05) is 50.2 Å². The quantitative estimate of drug-likeness (QED) is 0.456. The standard InChI is InChI=1S/C28H32N6O3/c1-4-8-23(20-9-6-5-7-10-20)32-28(37)34-25(27(36)33(3)21-11-13-30-14-12-21)22(26(34)35)16-19-15-18(2)31-24(29)17-19/h5-7,9-15,17,22-23,25H,4,8,16H2,1-3H3,(H2,29,31)(H,32,37)/t22-,23-,25+/m1/s1. The molecule has 3 aromatic rings. The zero-order valence-corrected chi connectivity index (χ0v) is 21.3. The first-order valence-electron chi connectivity index (χ1n) is 12.4. The van der Waals surface area contributed by atoms with Crippen molar-refractivity contribution in [2.75, 3.05) is 17.7 Å². The summed E-state index contributed by atoms with van der Waals surface area (Å²) < 4.78 is 0. The molecule has 9 heteroatoms. The summed E-state index contributed by atoms with van der Waals surface area (Å²) in [6.07, 6.45) is 4.99. The molecule has 0 saturated carbocycles. The maximum Gasteiger partial charge on any atom is 0.325 e. The number of pyridine rings is 2. The molecule has 0 spiro atoms. The van der Waals surface area contributed by atoms with Crippen molar-refractivity contribution in [3.05, 3.63) is 83.8 Å². The van der Waals surface area contributed by atoms with Crippen molar-refractivity contribution in [3.8, 4) is 0 Å². The lowest BCUT2D eigenvalue weighted by Gasteiger charge is -2.46. The van der Waals surface area contributed by atoms with Gasteiger partial charge < -0.3 is 16.0 Å². The molecule has 9 nitrogen and oxygen atoms in total. The highest BCUT2D eigenvalue weighted by Gasteiger charge is 2.55. The number of anilines is 2. The Morgan fingerprint density at radius 3 is 2.49 bits per heavy atom. The molecule has 192 valence electrons. The molecule has 3 heterocycles. The van der Waals surface area contributed by atoms with Gasteiger partial charge in [0, 0.05) is 30.8 Å². The summed E-state index contributed by atoms with van der Waals surface area (Å²) in [5, 5.41) is 2.99. The van der Waals surface area contributed by atoms with Crippen LogP contribution in [0.3, 0.4) is 0 Å². The maximum absolute atomic E-state index is 13.7. The smallest absolute Gasteiger partial charge is 0.325 e. The Kier molecular flexibility index (Phi) is 7.81. The SMILES string of the molecule is CCC[C@@H](NC(=O)N1C(=O)[C@H](Cc2cc(C)nc(N)c2)[C@H]1C(=O)N(C)c1ccncc1)c1ccccc1. The molecule has 1 saturated heterocycles. The number of aromatic nitrogens is 2. The summed E-state index contributed by atoms with van der Waals surface area (Å²) in [5.41, 5.74) is 8.99. The number of nitrogens with two attached hydrogens (primary N) is 1. The van der Waals surface area contributed by atoms with Crippen molar-refractivity contribution in [1.29, 1.82) is 0 Å². The van der Waals surface area contributed by atoms with Crippen molar-refractivity contribution in [3.63, 3.8) is 0 Å². The molecule has 4 rings (SSSR count). The number of hydrogen-bond acceptors (Lipinski definition) is 6.